The van der Waals surface area contributed by atoms with Crippen molar-refractivity contribution in [2.24, 2.45) is 11.8 Å². The molecule has 4 aromatic carbocycles. The van der Waals surface area contributed by atoms with Crippen molar-refractivity contribution in [2.75, 3.05) is 65.5 Å². The number of fused-ring (bicyclic) bond motifs is 2. The summed E-state index contributed by atoms with van der Waals surface area (Å²) in [5, 5.41) is 3.43. The summed E-state index contributed by atoms with van der Waals surface area (Å²) in [6.07, 6.45) is 4.18. The Labute approximate surface area is 348 Å². The number of carbonyl (C=O) groups excluding carboxylic acids is 1. The number of nitrogens with one attached hydrogen (secondary N) is 1. The maximum Gasteiger partial charge on any atom is 0.261 e. The van der Waals surface area contributed by atoms with E-state index in [0.29, 0.717) is 67.9 Å². The van der Waals surface area contributed by atoms with Crippen molar-refractivity contribution in [1.29, 1.82) is 0 Å². The van der Waals surface area contributed by atoms with Crippen molar-refractivity contribution in [2.45, 2.75) is 24.7 Å². The van der Waals surface area contributed by atoms with Gasteiger partial charge < -0.3 is 38.6 Å². The highest BCUT2D eigenvalue weighted by Gasteiger charge is 2.31. The zero-order chi connectivity index (χ0) is 43.3. The van der Waals surface area contributed by atoms with Crippen molar-refractivity contribution in [3.05, 3.63) is 108 Å². The summed E-state index contributed by atoms with van der Waals surface area (Å²) in [7, 11) is -7.33. The summed E-state index contributed by atoms with van der Waals surface area (Å²) in [5.74, 6) is 4.99. The number of halogens is 2. The molecule has 0 aromatic heterocycles. The standard InChI is InChI=1S/C20H20FNO4.C19H20FNO3.2CH4O3S/c21-16-3-1-14(2-4-16)18-7-8-22(12-23)10-15(18)11-24-17-5-6-19-20(9-17)26-13-25-19;20-15-3-1-13(2-4-15)17-7-8-21-10-14(17)11-22-16-5-6-18-19(9-16)24-12-23-18;2*1-5(2,3)4/h1-6,9,12,15,18H,7-8,10-11,13H2;1-6,9,14,17,21H,7-8,10-12H2;2*1H3,(H,2,3,4). The SMILES string of the molecule is CS(=O)(=O)O.CS(=O)(=O)O.Fc1ccc(C2CCNCC2COc2ccc3c(c2)OCO3)cc1.O=CN1CCC(c2ccc(F)cc2)C(COc2ccc3c(c2)OCO3)C1. The average molecular weight is 879 g/mol. The molecule has 60 heavy (non-hydrogen) atoms. The monoisotopic (exact) mass is 878 g/mol. The van der Waals surface area contributed by atoms with Gasteiger partial charge in [-0.25, -0.2) is 8.78 Å². The Balaban J connectivity index is 0.000000186. The maximum atomic E-state index is 13.2. The molecule has 4 aromatic rings. The summed E-state index contributed by atoms with van der Waals surface area (Å²) in [6.45, 7) is 4.75. The lowest BCUT2D eigenvalue weighted by molar-refractivity contribution is -0.120. The van der Waals surface area contributed by atoms with E-state index in [1.54, 1.807) is 4.90 Å². The molecule has 0 bridgehead atoms. The highest BCUT2D eigenvalue weighted by atomic mass is 32.2. The van der Waals surface area contributed by atoms with E-state index in [4.69, 9.17) is 37.5 Å². The highest BCUT2D eigenvalue weighted by molar-refractivity contribution is 7.85. The zero-order valence-electron chi connectivity index (χ0n) is 32.9. The van der Waals surface area contributed by atoms with Crippen molar-refractivity contribution in [3.8, 4) is 34.5 Å². The molecule has 326 valence electrons. The molecule has 2 fully saturated rings. The van der Waals surface area contributed by atoms with E-state index in [9.17, 15) is 30.4 Å². The molecule has 0 saturated carbocycles. The molecule has 4 aliphatic rings. The molecule has 4 unspecified atom stereocenters. The second-order valence-electron chi connectivity index (χ2n) is 14.3. The molecule has 8 rings (SSSR count). The fourth-order valence-corrected chi connectivity index (χ4v) is 7.06. The summed E-state index contributed by atoms with van der Waals surface area (Å²) >= 11 is 0. The topological polar surface area (TPSA) is 196 Å². The van der Waals surface area contributed by atoms with Gasteiger partial charge in [-0.15, -0.1) is 0 Å². The van der Waals surface area contributed by atoms with Crippen LogP contribution in [-0.4, -0.2) is 103 Å². The summed E-state index contributed by atoms with van der Waals surface area (Å²) in [4.78, 5) is 13.0. The first-order chi connectivity index (χ1) is 28.5. The Morgan fingerprint density at radius 2 is 1.12 bits per heavy atom. The van der Waals surface area contributed by atoms with Crippen LogP contribution in [0.4, 0.5) is 8.78 Å². The molecular weight excluding hydrogens is 831 g/mol. The van der Waals surface area contributed by atoms with Crippen LogP contribution in [0, 0.1) is 23.5 Å². The van der Waals surface area contributed by atoms with Gasteiger partial charge in [-0.05, 0) is 90.9 Å². The lowest BCUT2D eigenvalue weighted by Gasteiger charge is -2.37. The largest absolute Gasteiger partial charge is 0.493 e. The first-order valence-corrected chi connectivity index (χ1v) is 22.5. The minimum absolute atomic E-state index is 0.129. The van der Waals surface area contributed by atoms with Crippen LogP contribution >= 0.6 is 0 Å². The summed E-state index contributed by atoms with van der Waals surface area (Å²) in [5.41, 5.74) is 2.26. The fraction of sp³-hybridized carbons (Fsp3) is 0.390. The Morgan fingerprint density at radius 3 is 1.58 bits per heavy atom. The van der Waals surface area contributed by atoms with Crippen LogP contribution in [0.5, 0.6) is 34.5 Å². The van der Waals surface area contributed by atoms with E-state index in [-0.39, 0.29) is 37.1 Å². The van der Waals surface area contributed by atoms with Crippen LogP contribution < -0.4 is 33.7 Å². The Hall–Kier alpha value is -5.21. The third kappa shape index (κ3) is 15.1. The van der Waals surface area contributed by atoms with Gasteiger partial charge in [-0.3, -0.25) is 13.9 Å². The number of hydrogen-bond donors (Lipinski definition) is 3. The number of amides is 1. The van der Waals surface area contributed by atoms with Crippen molar-refractivity contribution >= 4 is 26.6 Å². The van der Waals surface area contributed by atoms with Crippen LogP contribution in [0.3, 0.4) is 0 Å². The number of benzene rings is 4. The van der Waals surface area contributed by atoms with Gasteiger partial charge in [-0.2, -0.15) is 16.8 Å². The average Bonchev–Trinajstić information content (AvgIpc) is 3.88. The first-order valence-electron chi connectivity index (χ1n) is 18.8. The molecule has 1 amide bonds. The summed E-state index contributed by atoms with van der Waals surface area (Å²) < 4.78 is 112. The van der Waals surface area contributed by atoms with Gasteiger partial charge in [0.05, 0.1) is 25.7 Å². The molecular formula is C41H48F2N2O13S2. The van der Waals surface area contributed by atoms with E-state index in [2.05, 4.69) is 5.32 Å². The smallest absolute Gasteiger partial charge is 0.261 e. The third-order valence-electron chi connectivity index (χ3n) is 9.73. The zero-order valence-corrected chi connectivity index (χ0v) is 34.6. The number of rotatable bonds is 9. The Kier molecular flexibility index (Phi) is 16.3. The number of nitrogens with zero attached hydrogens (tertiary/aromatic N) is 1. The Morgan fingerprint density at radius 1 is 0.683 bits per heavy atom. The van der Waals surface area contributed by atoms with Crippen molar-refractivity contribution in [1.82, 2.24) is 10.2 Å². The normalized spacial score (nSPS) is 20.2. The van der Waals surface area contributed by atoms with E-state index in [1.807, 2.05) is 60.7 Å². The molecule has 19 heteroatoms. The number of likely N-dealkylation sites (tertiary alicyclic amines) is 1. The fourth-order valence-electron chi connectivity index (χ4n) is 7.06. The van der Waals surface area contributed by atoms with Crippen LogP contribution in [-0.2, 0) is 25.0 Å². The van der Waals surface area contributed by atoms with Gasteiger partial charge in [0.15, 0.2) is 23.0 Å². The van der Waals surface area contributed by atoms with Gasteiger partial charge in [-0.1, -0.05) is 24.3 Å². The second-order valence-corrected chi connectivity index (χ2v) is 17.3. The van der Waals surface area contributed by atoms with E-state index >= 15 is 0 Å². The molecule has 0 aliphatic carbocycles. The van der Waals surface area contributed by atoms with Crippen molar-refractivity contribution in [3.63, 3.8) is 0 Å². The molecule has 4 aliphatic heterocycles. The Bertz CT molecular complexity index is 2190. The van der Waals surface area contributed by atoms with Gasteiger partial charge in [0.25, 0.3) is 20.2 Å². The van der Waals surface area contributed by atoms with Crippen LogP contribution in [0.15, 0.2) is 84.9 Å². The van der Waals surface area contributed by atoms with Gasteiger partial charge in [0.1, 0.15) is 23.1 Å². The quantitative estimate of drug-likeness (QED) is 0.140. The maximum absolute atomic E-state index is 13.2. The molecule has 4 heterocycles. The molecule has 15 nitrogen and oxygen atoms in total. The van der Waals surface area contributed by atoms with Crippen LogP contribution in [0.1, 0.15) is 35.8 Å². The summed E-state index contributed by atoms with van der Waals surface area (Å²) in [6, 6.07) is 24.6. The third-order valence-corrected chi connectivity index (χ3v) is 9.73. The van der Waals surface area contributed by atoms with Gasteiger partial charge in [0.2, 0.25) is 20.0 Å². The highest BCUT2D eigenvalue weighted by Crippen LogP contribution is 2.38. The van der Waals surface area contributed by atoms with Crippen molar-refractivity contribution < 1.29 is 67.9 Å². The number of carbonyl (C=O) groups is 1. The minimum atomic E-state index is -3.67. The molecule has 4 atom stereocenters. The first kappa shape index (κ1) is 45.9. The minimum Gasteiger partial charge on any atom is -0.493 e. The predicted molar refractivity (Wildman–Crippen MR) is 216 cm³/mol. The molecule has 0 spiro atoms. The van der Waals surface area contributed by atoms with Gasteiger partial charge in [0, 0.05) is 43.6 Å². The number of piperidine rings is 2. The van der Waals surface area contributed by atoms with E-state index in [0.717, 1.165) is 55.2 Å². The molecule has 2 saturated heterocycles. The lowest BCUT2D eigenvalue weighted by atomic mass is 9.81. The van der Waals surface area contributed by atoms with Crippen LogP contribution in [0.25, 0.3) is 0 Å². The second kappa shape index (κ2) is 21.4. The van der Waals surface area contributed by atoms with Gasteiger partial charge >= 0.3 is 0 Å². The number of hydrogen-bond acceptors (Lipinski definition) is 12. The van der Waals surface area contributed by atoms with E-state index in [1.165, 1.54) is 29.8 Å². The number of ether oxygens (including phenoxy) is 6. The molecule has 3 N–H and O–H groups in total. The van der Waals surface area contributed by atoms with E-state index < -0.39 is 20.2 Å². The lowest BCUT2D eigenvalue weighted by Crippen LogP contribution is -2.41. The molecule has 0 radical (unpaired) electrons. The predicted octanol–water partition coefficient (Wildman–Crippen LogP) is 5.53. The van der Waals surface area contributed by atoms with Crippen LogP contribution in [0.2, 0.25) is 0 Å².